The molecule has 1 saturated heterocycles. The Hall–Kier alpha value is -3.48. The third-order valence-corrected chi connectivity index (χ3v) is 9.61. The first kappa shape index (κ1) is 27.6. The summed E-state index contributed by atoms with van der Waals surface area (Å²) < 4.78 is 73.8. The number of hydrogen-bond acceptors (Lipinski definition) is 6. The zero-order valence-corrected chi connectivity index (χ0v) is 22.5. The molecule has 202 valence electrons. The van der Waals surface area contributed by atoms with E-state index in [1.54, 1.807) is 0 Å². The molecule has 1 fully saturated rings. The molecule has 12 heteroatoms. The van der Waals surface area contributed by atoms with Gasteiger partial charge in [0, 0.05) is 24.5 Å². The van der Waals surface area contributed by atoms with E-state index in [2.05, 4.69) is 17.0 Å². The van der Waals surface area contributed by atoms with Gasteiger partial charge in [-0.15, -0.1) is 0 Å². The SMILES string of the molecule is COc1ccc(S(=O)(=O)N2CCC(C)CC2)cc1C(=O)Nc1ccc(S(=O)(=O)Nc2ccc(F)cc2)cc1. The van der Waals surface area contributed by atoms with E-state index >= 15 is 0 Å². The van der Waals surface area contributed by atoms with Crippen LogP contribution in [0.1, 0.15) is 30.1 Å². The number of piperidine rings is 1. The van der Waals surface area contributed by atoms with Crippen molar-refractivity contribution in [2.24, 2.45) is 5.92 Å². The number of anilines is 2. The van der Waals surface area contributed by atoms with Gasteiger partial charge in [0.15, 0.2) is 0 Å². The molecule has 3 aromatic carbocycles. The molecular formula is C26H28FN3O6S2. The number of ether oxygens (including phenoxy) is 1. The molecule has 0 spiro atoms. The lowest BCUT2D eigenvalue weighted by Crippen LogP contribution is -2.37. The summed E-state index contributed by atoms with van der Waals surface area (Å²) in [7, 11) is -6.36. The fourth-order valence-corrected chi connectivity index (χ4v) is 6.60. The number of rotatable bonds is 8. The summed E-state index contributed by atoms with van der Waals surface area (Å²) in [4.78, 5) is 13.0. The lowest BCUT2D eigenvalue weighted by Gasteiger charge is -2.29. The number of nitrogens with one attached hydrogen (secondary N) is 2. The van der Waals surface area contributed by atoms with Crippen molar-refractivity contribution in [3.63, 3.8) is 0 Å². The van der Waals surface area contributed by atoms with Gasteiger partial charge in [0.1, 0.15) is 11.6 Å². The first-order valence-electron chi connectivity index (χ1n) is 11.9. The number of carbonyl (C=O) groups is 1. The van der Waals surface area contributed by atoms with Crippen molar-refractivity contribution in [3.05, 3.63) is 78.1 Å². The van der Waals surface area contributed by atoms with Crippen LogP contribution in [0, 0.1) is 11.7 Å². The molecular weight excluding hydrogens is 533 g/mol. The minimum atomic E-state index is -3.95. The molecule has 0 aromatic heterocycles. The van der Waals surface area contributed by atoms with Crippen molar-refractivity contribution >= 4 is 37.3 Å². The summed E-state index contributed by atoms with van der Waals surface area (Å²) in [5.41, 5.74) is 0.509. The summed E-state index contributed by atoms with van der Waals surface area (Å²) in [5.74, 6) is -0.463. The van der Waals surface area contributed by atoms with Gasteiger partial charge in [-0.25, -0.2) is 21.2 Å². The smallest absolute Gasteiger partial charge is 0.261 e. The molecule has 4 rings (SSSR count). The minimum absolute atomic E-state index is 0.00804. The Balaban J connectivity index is 1.51. The molecule has 9 nitrogen and oxygen atoms in total. The predicted octanol–water partition coefficient (Wildman–Crippen LogP) is 4.31. The summed E-state index contributed by atoms with van der Waals surface area (Å²) in [6.07, 6.45) is 1.54. The highest BCUT2D eigenvalue weighted by molar-refractivity contribution is 7.92. The molecule has 0 radical (unpaired) electrons. The molecule has 1 aliphatic rings. The summed E-state index contributed by atoms with van der Waals surface area (Å²) in [6, 6.07) is 14.4. The standard InChI is InChI=1S/C26H28FN3O6S2/c1-18-13-15-30(16-14-18)38(34,35)23-11-12-25(36-2)24(17-23)26(31)28-20-7-9-22(10-8-20)37(32,33)29-21-5-3-19(27)4-6-21/h3-12,17-18,29H,13-16H2,1-2H3,(H,28,31). The maximum atomic E-state index is 13.2. The van der Waals surface area contributed by atoms with Crippen LogP contribution in [0.4, 0.5) is 15.8 Å². The third-order valence-electron chi connectivity index (χ3n) is 6.31. The Labute approximate surface area is 221 Å². The van der Waals surface area contributed by atoms with E-state index in [1.165, 1.54) is 66.0 Å². The van der Waals surface area contributed by atoms with Crippen molar-refractivity contribution in [3.8, 4) is 5.75 Å². The number of nitrogens with zero attached hydrogens (tertiary/aromatic N) is 1. The highest BCUT2D eigenvalue weighted by Crippen LogP contribution is 2.28. The Bertz CT molecular complexity index is 1520. The fourth-order valence-electron chi connectivity index (χ4n) is 4.05. The van der Waals surface area contributed by atoms with E-state index in [1.807, 2.05) is 0 Å². The van der Waals surface area contributed by atoms with Crippen molar-refractivity contribution < 1.29 is 30.8 Å². The highest BCUT2D eigenvalue weighted by Gasteiger charge is 2.29. The lowest BCUT2D eigenvalue weighted by atomic mass is 10.0. The Morgan fingerprint density at radius 2 is 1.47 bits per heavy atom. The number of hydrogen-bond donors (Lipinski definition) is 2. The first-order valence-corrected chi connectivity index (χ1v) is 14.8. The van der Waals surface area contributed by atoms with Gasteiger partial charge in [-0.1, -0.05) is 6.92 Å². The van der Waals surface area contributed by atoms with E-state index in [-0.39, 0.29) is 32.5 Å². The summed E-state index contributed by atoms with van der Waals surface area (Å²) >= 11 is 0. The second-order valence-corrected chi connectivity index (χ2v) is 12.7. The van der Waals surface area contributed by atoms with Crippen molar-refractivity contribution in [2.45, 2.75) is 29.6 Å². The van der Waals surface area contributed by atoms with Crippen molar-refractivity contribution in [1.82, 2.24) is 4.31 Å². The normalized spacial score (nSPS) is 15.1. The molecule has 0 aliphatic carbocycles. The van der Waals surface area contributed by atoms with Gasteiger partial charge >= 0.3 is 0 Å². The molecule has 1 aliphatic heterocycles. The van der Waals surface area contributed by atoms with Gasteiger partial charge in [0.05, 0.1) is 22.5 Å². The molecule has 1 amide bonds. The summed E-state index contributed by atoms with van der Waals surface area (Å²) in [5, 5.41) is 2.65. The largest absolute Gasteiger partial charge is 0.496 e. The average Bonchev–Trinajstić information content (AvgIpc) is 2.90. The minimum Gasteiger partial charge on any atom is -0.496 e. The summed E-state index contributed by atoms with van der Waals surface area (Å²) in [6.45, 7) is 2.93. The van der Waals surface area contributed by atoms with Crippen LogP contribution >= 0.6 is 0 Å². The van der Waals surface area contributed by atoms with Crippen LogP contribution in [-0.4, -0.2) is 47.2 Å². The number of carbonyl (C=O) groups excluding carboxylic acids is 1. The maximum Gasteiger partial charge on any atom is 0.261 e. The van der Waals surface area contributed by atoms with Gasteiger partial charge in [-0.05, 0) is 85.5 Å². The maximum absolute atomic E-state index is 13.2. The molecule has 1 heterocycles. The number of benzene rings is 3. The van der Waals surface area contributed by atoms with Crippen LogP contribution in [-0.2, 0) is 20.0 Å². The second kappa shape index (κ2) is 11.1. The lowest BCUT2D eigenvalue weighted by molar-refractivity contribution is 0.102. The Kier molecular flexibility index (Phi) is 8.05. The highest BCUT2D eigenvalue weighted by atomic mass is 32.2. The molecule has 0 unspecified atom stereocenters. The van der Waals surface area contributed by atoms with Crippen LogP contribution in [0.3, 0.4) is 0 Å². The number of amides is 1. The van der Waals surface area contributed by atoms with Gasteiger partial charge in [0.25, 0.3) is 15.9 Å². The first-order chi connectivity index (χ1) is 18.0. The monoisotopic (exact) mass is 561 g/mol. The molecule has 2 N–H and O–H groups in total. The van der Waals surface area contributed by atoms with Gasteiger partial charge in [-0.2, -0.15) is 4.31 Å². The van der Waals surface area contributed by atoms with E-state index in [0.717, 1.165) is 25.0 Å². The average molecular weight is 562 g/mol. The van der Waals surface area contributed by atoms with Gasteiger partial charge in [-0.3, -0.25) is 9.52 Å². The van der Waals surface area contributed by atoms with Gasteiger partial charge < -0.3 is 10.1 Å². The van der Waals surface area contributed by atoms with Crippen molar-refractivity contribution in [1.29, 1.82) is 0 Å². The van der Waals surface area contributed by atoms with Crippen LogP contribution < -0.4 is 14.8 Å². The molecule has 0 saturated carbocycles. The van der Waals surface area contributed by atoms with E-state index < -0.39 is 31.8 Å². The van der Waals surface area contributed by atoms with E-state index in [0.29, 0.717) is 19.0 Å². The zero-order valence-electron chi connectivity index (χ0n) is 20.8. The van der Waals surface area contributed by atoms with Crippen molar-refractivity contribution in [2.75, 3.05) is 30.2 Å². The number of sulfonamides is 2. The molecule has 3 aromatic rings. The molecule has 0 bridgehead atoms. The quantitative estimate of drug-likeness (QED) is 0.423. The van der Waals surface area contributed by atoms with E-state index in [9.17, 15) is 26.0 Å². The number of methoxy groups -OCH3 is 1. The Morgan fingerprint density at radius 1 is 0.895 bits per heavy atom. The van der Waals surface area contributed by atoms with E-state index in [4.69, 9.17) is 4.74 Å². The van der Waals surface area contributed by atoms with Crippen LogP contribution in [0.15, 0.2) is 76.5 Å². The predicted molar refractivity (Wildman–Crippen MR) is 142 cm³/mol. The van der Waals surface area contributed by atoms with Gasteiger partial charge in [0.2, 0.25) is 10.0 Å². The Morgan fingerprint density at radius 3 is 2.08 bits per heavy atom. The van der Waals surface area contributed by atoms with Crippen LogP contribution in [0.25, 0.3) is 0 Å². The third kappa shape index (κ3) is 6.14. The fraction of sp³-hybridized carbons (Fsp3) is 0.269. The number of halogens is 1. The topological polar surface area (TPSA) is 122 Å². The second-order valence-electron chi connectivity index (χ2n) is 9.04. The zero-order chi connectivity index (χ0) is 27.5. The van der Waals surface area contributed by atoms with Crippen LogP contribution in [0.5, 0.6) is 5.75 Å². The molecule has 0 atom stereocenters. The van der Waals surface area contributed by atoms with Crippen LogP contribution in [0.2, 0.25) is 0 Å². The molecule has 38 heavy (non-hydrogen) atoms.